The van der Waals surface area contributed by atoms with Crippen LogP contribution >= 0.6 is 0 Å². The first-order valence-corrected chi connectivity index (χ1v) is 8.03. The highest BCUT2D eigenvalue weighted by atomic mass is 16.3. The van der Waals surface area contributed by atoms with Crippen molar-refractivity contribution in [2.24, 2.45) is 10.9 Å². The van der Waals surface area contributed by atoms with Crippen molar-refractivity contribution in [2.75, 3.05) is 6.54 Å². The summed E-state index contributed by atoms with van der Waals surface area (Å²) in [5, 5.41) is 13.1. The lowest BCUT2D eigenvalue weighted by Gasteiger charge is -2.12. The first-order valence-electron chi connectivity index (χ1n) is 8.03. The fraction of sp³-hybridized carbons (Fsp3) is 0.286. The molecule has 128 valence electrons. The Morgan fingerprint density at radius 3 is 2.38 bits per heavy atom. The van der Waals surface area contributed by atoms with Gasteiger partial charge in [0, 0.05) is 29.7 Å². The van der Waals surface area contributed by atoms with Crippen LogP contribution in [0.2, 0.25) is 0 Å². The number of nitrogens with one attached hydrogen (secondary N) is 1. The molecule has 2 N–H and O–H groups in total. The Morgan fingerprint density at radius 2 is 1.83 bits per heavy atom. The molecule has 0 saturated heterocycles. The molecule has 0 atom stereocenters. The summed E-state index contributed by atoms with van der Waals surface area (Å²) < 4.78 is 0. The molecule has 0 aliphatic carbocycles. The van der Waals surface area contributed by atoms with Gasteiger partial charge >= 0.3 is 0 Å². The Balaban J connectivity index is 2.84. The Kier molecular flexibility index (Phi) is 7.25. The SMILES string of the molecule is C=C/C(=C\N=C(/C)C(C)C)CNC(=C)c1cc(O)cc(C(=C)C)c1. The van der Waals surface area contributed by atoms with Crippen LogP contribution in [-0.2, 0) is 0 Å². The highest BCUT2D eigenvalue weighted by molar-refractivity contribution is 5.84. The average molecular weight is 324 g/mol. The number of aliphatic imine (C=N–C) groups is 1. The number of allylic oxidation sites excluding steroid dienone is 1. The molecule has 0 aliphatic rings. The zero-order valence-electron chi connectivity index (χ0n) is 15.2. The van der Waals surface area contributed by atoms with E-state index in [4.69, 9.17) is 0 Å². The molecule has 0 saturated carbocycles. The smallest absolute Gasteiger partial charge is 0.116 e. The Labute approximate surface area is 145 Å². The maximum atomic E-state index is 9.86. The second-order valence-corrected chi connectivity index (χ2v) is 6.21. The van der Waals surface area contributed by atoms with Crippen molar-refractivity contribution in [3.63, 3.8) is 0 Å². The maximum Gasteiger partial charge on any atom is 0.116 e. The topological polar surface area (TPSA) is 44.6 Å². The zero-order chi connectivity index (χ0) is 18.3. The standard InChI is InChI=1S/C21H28N2O/c1-8-18(12-22-16(6)14(2)3)13-23-17(7)20-9-19(15(4)5)10-21(24)11-20/h8-12,14,23-24H,1,4,7,13H2,2-3,5-6H3/b18-12+,22-16+. The molecule has 0 fully saturated rings. The normalized spacial score (nSPS) is 12.2. The average Bonchev–Trinajstić information content (AvgIpc) is 2.53. The molecule has 3 nitrogen and oxygen atoms in total. The third-order valence-corrected chi connectivity index (χ3v) is 3.80. The van der Waals surface area contributed by atoms with Crippen LogP contribution in [0.4, 0.5) is 0 Å². The van der Waals surface area contributed by atoms with E-state index in [0.29, 0.717) is 12.5 Å². The summed E-state index contributed by atoms with van der Waals surface area (Å²) in [6, 6.07) is 5.33. The number of benzene rings is 1. The van der Waals surface area contributed by atoms with Crippen molar-refractivity contribution >= 4 is 17.0 Å². The molecule has 0 unspecified atom stereocenters. The number of hydrogen-bond acceptors (Lipinski definition) is 3. The minimum absolute atomic E-state index is 0.199. The third-order valence-electron chi connectivity index (χ3n) is 3.80. The molecular formula is C21H28N2O. The van der Waals surface area contributed by atoms with Gasteiger partial charge < -0.3 is 10.4 Å². The third kappa shape index (κ3) is 5.92. The summed E-state index contributed by atoms with van der Waals surface area (Å²) in [6.07, 6.45) is 3.60. The van der Waals surface area contributed by atoms with E-state index in [2.05, 4.69) is 43.9 Å². The second-order valence-electron chi connectivity index (χ2n) is 6.21. The van der Waals surface area contributed by atoms with E-state index in [1.165, 1.54) is 0 Å². The van der Waals surface area contributed by atoms with Gasteiger partial charge in [-0.05, 0) is 49.1 Å². The predicted molar refractivity (Wildman–Crippen MR) is 106 cm³/mol. The summed E-state index contributed by atoms with van der Waals surface area (Å²) in [6.45, 7) is 20.5. The van der Waals surface area contributed by atoms with E-state index < -0.39 is 0 Å². The number of rotatable bonds is 8. The van der Waals surface area contributed by atoms with Gasteiger partial charge in [-0.1, -0.05) is 45.2 Å². The minimum atomic E-state index is 0.199. The molecule has 24 heavy (non-hydrogen) atoms. The van der Waals surface area contributed by atoms with Crippen LogP contribution in [0.1, 0.15) is 38.8 Å². The van der Waals surface area contributed by atoms with Gasteiger partial charge in [0.05, 0.1) is 0 Å². The van der Waals surface area contributed by atoms with Gasteiger partial charge in [0.25, 0.3) is 0 Å². The summed E-state index contributed by atoms with van der Waals surface area (Å²) in [5.41, 5.74) is 5.39. The van der Waals surface area contributed by atoms with E-state index in [0.717, 1.165) is 33.7 Å². The van der Waals surface area contributed by atoms with Crippen LogP contribution in [0.15, 0.2) is 60.8 Å². The van der Waals surface area contributed by atoms with Crippen molar-refractivity contribution in [3.8, 4) is 5.75 Å². The first kappa shape index (κ1) is 19.5. The molecule has 0 heterocycles. The van der Waals surface area contributed by atoms with Crippen LogP contribution < -0.4 is 5.32 Å². The zero-order valence-corrected chi connectivity index (χ0v) is 15.2. The number of hydrogen-bond donors (Lipinski definition) is 2. The van der Waals surface area contributed by atoms with Crippen molar-refractivity contribution in [1.82, 2.24) is 5.32 Å². The van der Waals surface area contributed by atoms with Crippen molar-refractivity contribution in [1.29, 1.82) is 0 Å². The predicted octanol–water partition coefficient (Wildman–Crippen LogP) is 5.17. The number of nitrogens with zero attached hydrogens (tertiary/aromatic N) is 1. The summed E-state index contributed by atoms with van der Waals surface area (Å²) >= 11 is 0. The van der Waals surface area contributed by atoms with Gasteiger partial charge in [0.1, 0.15) is 5.75 Å². The van der Waals surface area contributed by atoms with E-state index >= 15 is 0 Å². The van der Waals surface area contributed by atoms with Crippen LogP contribution in [0.3, 0.4) is 0 Å². The molecule has 0 bridgehead atoms. The Bertz CT molecular complexity index is 694. The first-order chi connectivity index (χ1) is 11.2. The fourth-order valence-corrected chi connectivity index (χ4v) is 1.85. The molecule has 0 amide bonds. The van der Waals surface area contributed by atoms with Crippen molar-refractivity contribution < 1.29 is 5.11 Å². The highest BCUT2D eigenvalue weighted by Crippen LogP contribution is 2.23. The number of aromatic hydroxyl groups is 1. The van der Waals surface area contributed by atoms with Gasteiger partial charge in [-0.2, -0.15) is 0 Å². The molecule has 0 aromatic heterocycles. The van der Waals surface area contributed by atoms with E-state index in [1.54, 1.807) is 18.2 Å². The highest BCUT2D eigenvalue weighted by Gasteiger charge is 2.05. The Morgan fingerprint density at radius 1 is 1.21 bits per heavy atom. The van der Waals surface area contributed by atoms with E-state index in [1.807, 2.05) is 26.1 Å². The van der Waals surface area contributed by atoms with E-state index in [-0.39, 0.29) is 5.75 Å². The summed E-state index contributed by atoms with van der Waals surface area (Å²) in [7, 11) is 0. The molecule has 1 aromatic rings. The quantitative estimate of drug-likeness (QED) is 0.511. The Hall–Kier alpha value is -2.55. The molecule has 0 radical (unpaired) electrons. The van der Waals surface area contributed by atoms with Crippen LogP contribution in [0.5, 0.6) is 5.75 Å². The molecule has 0 aliphatic heterocycles. The lowest BCUT2D eigenvalue weighted by atomic mass is 10.0. The minimum Gasteiger partial charge on any atom is -0.508 e. The summed E-state index contributed by atoms with van der Waals surface area (Å²) in [4.78, 5) is 4.46. The van der Waals surface area contributed by atoms with Crippen molar-refractivity contribution in [3.05, 3.63) is 66.9 Å². The largest absolute Gasteiger partial charge is 0.508 e. The number of phenolic OH excluding ortho intramolecular Hbond substituents is 1. The molecule has 1 rings (SSSR count). The van der Waals surface area contributed by atoms with Gasteiger partial charge in [0.2, 0.25) is 0 Å². The molecular weight excluding hydrogens is 296 g/mol. The molecule has 0 spiro atoms. The van der Waals surface area contributed by atoms with Crippen LogP contribution in [-0.4, -0.2) is 17.4 Å². The fourth-order valence-electron chi connectivity index (χ4n) is 1.85. The van der Waals surface area contributed by atoms with Gasteiger partial charge in [-0.3, -0.25) is 4.99 Å². The monoisotopic (exact) mass is 324 g/mol. The van der Waals surface area contributed by atoms with Gasteiger partial charge in [0.15, 0.2) is 0 Å². The molecule has 1 aromatic carbocycles. The van der Waals surface area contributed by atoms with Crippen LogP contribution in [0.25, 0.3) is 11.3 Å². The van der Waals surface area contributed by atoms with E-state index in [9.17, 15) is 5.11 Å². The number of phenols is 1. The molecule has 3 heteroatoms. The summed E-state index contributed by atoms with van der Waals surface area (Å²) in [5.74, 6) is 0.619. The lowest BCUT2D eigenvalue weighted by Crippen LogP contribution is -2.14. The van der Waals surface area contributed by atoms with Crippen LogP contribution in [0, 0.1) is 5.92 Å². The van der Waals surface area contributed by atoms with Gasteiger partial charge in [-0.15, -0.1) is 0 Å². The second kappa shape index (κ2) is 8.92. The van der Waals surface area contributed by atoms with Gasteiger partial charge in [-0.25, -0.2) is 0 Å². The lowest BCUT2D eigenvalue weighted by molar-refractivity contribution is 0.475. The van der Waals surface area contributed by atoms with Crippen molar-refractivity contribution in [2.45, 2.75) is 27.7 Å². The maximum absolute atomic E-state index is 9.86.